The number of aromatic amines is 1. The third kappa shape index (κ3) is 4.83. The van der Waals surface area contributed by atoms with Gasteiger partial charge >= 0.3 is 0 Å². The zero-order valence-electron chi connectivity index (χ0n) is 19.3. The molecular formula is C26H27N3O4S. The van der Waals surface area contributed by atoms with Crippen molar-refractivity contribution in [3.8, 4) is 17.0 Å². The molecule has 4 rings (SSSR count). The number of anilines is 1. The van der Waals surface area contributed by atoms with Crippen LogP contribution in [0.25, 0.3) is 22.2 Å². The van der Waals surface area contributed by atoms with Crippen LogP contribution in [0.4, 0.5) is 5.69 Å². The molecule has 0 aliphatic carbocycles. The summed E-state index contributed by atoms with van der Waals surface area (Å²) in [7, 11) is 1.09. The second-order valence-corrected chi connectivity index (χ2v) is 10.3. The van der Waals surface area contributed by atoms with Crippen LogP contribution in [0.2, 0.25) is 0 Å². The van der Waals surface area contributed by atoms with Gasteiger partial charge in [-0.25, -0.2) is 12.7 Å². The van der Waals surface area contributed by atoms with E-state index in [0.717, 1.165) is 37.8 Å². The minimum Gasteiger partial charge on any atom is -0.497 e. The molecule has 1 aromatic heterocycles. The summed E-state index contributed by atoms with van der Waals surface area (Å²) in [4.78, 5) is 16.4. The van der Waals surface area contributed by atoms with Crippen LogP contribution >= 0.6 is 0 Å². The zero-order chi connectivity index (χ0) is 24.3. The lowest BCUT2D eigenvalue weighted by atomic mass is 10.0. The van der Waals surface area contributed by atoms with E-state index in [1.807, 2.05) is 42.5 Å². The van der Waals surface area contributed by atoms with Gasteiger partial charge in [-0.15, -0.1) is 0 Å². The van der Waals surface area contributed by atoms with Crippen LogP contribution in [0.3, 0.4) is 0 Å². The first-order valence-electron chi connectivity index (χ1n) is 10.9. The smallest absolute Gasteiger partial charge is 0.242 e. The monoisotopic (exact) mass is 477 g/mol. The number of H-pyrrole nitrogens is 1. The molecule has 1 heterocycles. The van der Waals surface area contributed by atoms with E-state index in [0.29, 0.717) is 12.1 Å². The topological polar surface area (TPSA) is 91.5 Å². The summed E-state index contributed by atoms with van der Waals surface area (Å²) in [5, 5.41) is 3.94. The Morgan fingerprint density at radius 3 is 2.29 bits per heavy atom. The third-order valence-corrected chi connectivity index (χ3v) is 7.54. The van der Waals surface area contributed by atoms with Crippen LogP contribution in [-0.4, -0.2) is 44.8 Å². The van der Waals surface area contributed by atoms with Crippen LogP contribution < -0.4 is 10.1 Å². The number of carbonyl (C=O) groups excluding carboxylic acids is 1. The van der Waals surface area contributed by atoms with Gasteiger partial charge in [-0.2, -0.15) is 0 Å². The van der Waals surface area contributed by atoms with Gasteiger partial charge in [0.2, 0.25) is 15.9 Å². The van der Waals surface area contributed by atoms with Gasteiger partial charge in [0.1, 0.15) is 5.75 Å². The molecule has 3 aromatic carbocycles. The molecule has 0 radical (unpaired) electrons. The summed E-state index contributed by atoms with van der Waals surface area (Å²) < 4.78 is 30.9. The average molecular weight is 478 g/mol. The molecule has 0 atom stereocenters. The number of amides is 1. The van der Waals surface area contributed by atoms with Crippen LogP contribution in [-0.2, 0) is 21.2 Å². The number of para-hydroxylation sites is 1. The molecule has 0 saturated carbocycles. The minimum absolute atomic E-state index is 0.144. The van der Waals surface area contributed by atoms with E-state index < -0.39 is 10.0 Å². The highest BCUT2D eigenvalue weighted by atomic mass is 32.2. The molecule has 0 unspecified atom stereocenters. The highest BCUT2D eigenvalue weighted by Crippen LogP contribution is 2.32. The first kappa shape index (κ1) is 23.5. The van der Waals surface area contributed by atoms with E-state index in [-0.39, 0.29) is 17.2 Å². The number of hydrogen-bond acceptors (Lipinski definition) is 4. The number of rotatable bonds is 8. The number of ether oxygens (including phenoxy) is 1. The molecule has 176 valence electrons. The molecule has 0 saturated heterocycles. The number of nitrogens with one attached hydrogen (secondary N) is 2. The Bertz CT molecular complexity index is 1410. The predicted octanol–water partition coefficient (Wildman–Crippen LogP) is 4.67. The van der Waals surface area contributed by atoms with Crippen LogP contribution in [0, 0.1) is 0 Å². The number of aromatic nitrogens is 1. The second kappa shape index (κ2) is 9.70. The predicted molar refractivity (Wildman–Crippen MR) is 135 cm³/mol. The highest BCUT2D eigenvalue weighted by molar-refractivity contribution is 7.89. The van der Waals surface area contributed by atoms with Crippen molar-refractivity contribution in [2.24, 2.45) is 0 Å². The van der Waals surface area contributed by atoms with E-state index in [1.54, 1.807) is 19.2 Å². The lowest BCUT2D eigenvalue weighted by Crippen LogP contribution is -2.22. The van der Waals surface area contributed by atoms with Gasteiger partial charge in [0.25, 0.3) is 0 Å². The number of fused-ring (bicyclic) bond motifs is 1. The Balaban J connectivity index is 1.51. The summed E-state index contributed by atoms with van der Waals surface area (Å²) in [6.45, 7) is 0. The van der Waals surface area contributed by atoms with Crippen molar-refractivity contribution in [2.45, 2.75) is 17.7 Å². The van der Waals surface area contributed by atoms with Gasteiger partial charge in [0.05, 0.1) is 12.0 Å². The van der Waals surface area contributed by atoms with Crippen molar-refractivity contribution in [1.29, 1.82) is 0 Å². The molecular weight excluding hydrogens is 450 g/mol. The maximum Gasteiger partial charge on any atom is 0.242 e. The summed E-state index contributed by atoms with van der Waals surface area (Å²) in [5.41, 5.74) is 4.64. The molecule has 0 fully saturated rings. The maximum absolute atomic E-state index is 12.7. The van der Waals surface area contributed by atoms with Gasteiger partial charge in [0, 0.05) is 42.8 Å². The summed E-state index contributed by atoms with van der Waals surface area (Å²) >= 11 is 0. The van der Waals surface area contributed by atoms with Crippen molar-refractivity contribution in [3.63, 3.8) is 0 Å². The van der Waals surface area contributed by atoms with E-state index in [2.05, 4.69) is 16.4 Å². The Morgan fingerprint density at radius 2 is 1.65 bits per heavy atom. The van der Waals surface area contributed by atoms with E-state index >= 15 is 0 Å². The number of hydrogen-bond donors (Lipinski definition) is 2. The van der Waals surface area contributed by atoms with Crippen molar-refractivity contribution >= 4 is 32.5 Å². The SMILES string of the molecule is COc1ccc(-c2[nH]c3ccccc3c2CCC(=O)Nc2ccc(S(=O)(=O)N(C)C)cc2)cc1. The molecule has 1 amide bonds. The third-order valence-electron chi connectivity index (χ3n) is 5.71. The molecule has 0 spiro atoms. The van der Waals surface area contributed by atoms with Crippen molar-refractivity contribution < 1.29 is 17.9 Å². The number of nitrogens with zero attached hydrogens (tertiary/aromatic N) is 1. The molecule has 0 aliphatic rings. The highest BCUT2D eigenvalue weighted by Gasteiger charge is 2.17. The lowest BCUT2D eigenvalue weighted by Gasteiger charge is -2.12. The molecule has 7 nitrogen and oxygen atoms in total. The van der Waals surface area contributed by atoms with Crippen LogP contribution in [0.15, 0.2) is 77.7 Å². The Labute approximate surface area is 199 Å². The zero-order valence-corrected chi connectivity index (χ0v) is 20.1. The maximum atomic E-state index is 12.7. The molecule has 4 aromatic rings. The van der Waals surface area contributed by atoms with E-state index in [4.69, 9.17) is 4.74 Å². The lowest BCUT2D eigenvalue weighted by molar-refractivity contribution is -0.116. The quantitative estimate of drug-likeness (QED) is 0.386. The largest absolute Gasteiger partial charge is 0.497 e. The average Bonchev–Trinajstić information content (AvgIpc) is 3.21. The van der Waals surface area contributed by atoms with Crippen molar-refractivity contribution in [1.82, 2.24) is 9.29 Å². The molecule has 8 heteroatoms. The Kier molecular flexibility index (Phi) is 6.72. The summed E-state index contributed by atoms with van der Waals surface area (Å²) in [6, 6.07) is 22.0. The fraction of sp³-hybridized carbons (Fsp3) is 0.192. The summed E-state index contributed by atoms with van der Waals surface area (Å²) in [5.74, 6) is 0.638. The first-order chi connectivity index (χ1) is 16.3. The van der Waals surface area contributed by atoms with Crippen molar-refractivity contribution in [3.05, 3.63) is 78.4 Å². The van der Waals surface area contributed by atoms with Crippen LogP contribution in [0.5, 0.6) is 5.75 Å². The van der Waals surface area contributed by atoms with Gasteiger partial charge < -0.3 is 15.0 Å². The fourth-order valence-electron chi connectivity index (χ4n) is 3.85. The Hall–Kier alpha value is -3.62. The molecule has 2 N–H and O–H groups in total. The Morgan fingerprint density at radius 1 is 0.971 bits per heavy atom. The van der Waals surface area contributed by atoms with Crippen molar-refractivity contribution in [2.75, 3.05) is 26.5 Å². The summed E-state index contributed by atoms with van der Waals surface area (Å²) in [6.07, 6.45) is 0.826. The van der Waals surface area contributed by atoms with Gasteiger partial charge in [0.15, 0.2) is 0 Å². The standard InChI is InChI=1S/C26H27N3O4S/c1-29(2)34(31,32)21-14-10-19(11-15-21)27-25(30)17-16-23-22-6-4-5-7-24(22)28-26(23)18-8-12-20(33-3)13-9-18/h4-15,28H,16-17H2,1-3H3,(H,27,30). The second-order valence-electron chi connectivity index (χ2n) is 8.11. The normalized spacial score (nSPS) is 11.6. The van der Waals surface area contributed by atoms with E-state index in [1.165, 1.54) is 26.2 Å². The van der Waals surface area contributed by atoms with Crippen LogP contribution in [0.1, 0.15) is 12.0 Å². The number of methoxy groups -OCH3 is 1. The minimum atomic E-state index is -3.51. The number of carbonyl (C=O) groups is 1. The molecule has 34 heavy (non-hydrogen) atoms. The first-order valence-corrected chi connectivity index (χ1v) is 12.3. The molecule has 0 bridgehead atoms. The van der Waals surface area contributed by atoms with Gasteiger partial charge in [-0.3, -0.25) is 4.79 Å². The molecule has 0 aliphatic heterocycles. The number of sulfonamides is 1. The van der Waals surface area contributed by atoms with Gasteiger partial charge in [-0.05, 0) is 72.1 Å². The van der Waals surface area contributed by atoms with E-state index in [9.17, 15) is 13.2 Å². The number of benzene rings is 3. The van der Waals surface area contributed by atoms with Gasteiger partial charge in [-0.1, -0.05) is 18.2 Å². The fourth-order valence-corrected chi connectivity index (χ4v) is 4.75. The number of aryl methyl sites for hydroxylation is 1.